The molecule has 4 N–H and O–H groups in total. The third kappa shape index (κ3) is 22.9. The van der Waals surface area contributed by atoms with Gasteiger partial charge in [-0.05, 0) is 12.8 Å². The van der Waals surface area contributed by atoms with Crippen LogP contribution < -0.4 is 0 Å². The molecule has 96 valence electrons. The molecule has 0 aliphatic rings. The Bertz CT molecular complexity index is 161. The molecule has 0 radical (unpaired) electrons. The third-order valence-corrected chi connectivity index (χ3v) is 1.09. The topological polar surface area (TPSA) is 134 Å². The van der Waals surface area contributed by atoms with Gasteiger partial charge in [-0.25, -0.2) is 9.59 Å². The van der Waals surface area contributed by atoms with E-state index in [0.717, 1.165) is 0 Å². The quantitative estimate of drug-likeness (QED) is 0.380. The van der Waals surface area contributed by atoms with Crippen LogP contribution in [0.3, 0.4) is 0 Å². The molecule has 0 saturated heterocycles. The molecule has 8 nitrogen and oxygen atoms in total. The molecule has 16 heavy (non-hydrogen) atoms. The third-order valence-electron chi connectivity index (χ3n) is 1.09. The summed E-state index contributed by atoms with van der Waals surface area (Å²) >= 11 is 0. The molecular formula is C8H16O8. The minimum absolute atomic E-state index is 0.0678. The Morgan fingerprint density at radius 1 is 0.812 bits per heavy atom. The molecule has 0 unspecified atom stereocenters. The van der Waals surface area contributed by atoms with Crippen molar-refractivity contribution in [2.24, 2.45) is 0 Å². The van der Waals surface area contributed by atoms with Gasteiger partial charge in [-0.3, -0.25) is 0 Å². The van der Waals surface area contributed by atoms with Gasteiger partial charge in [0.2, 0.25) is 0 Å². The number of aliphatic hydroxyl groups is 2. The van der Waals surface area contributed by atoms with Crippen molar-refractivity contribution in [3.05, 3.63) is 0 Å². The van der Waals surface area contributed by atoms with Gasteiger partial charge in [-0.1, -0.05) is 0 Å². The fourth-order valence-corrected chi connectivity index (χ4v) is 0.523. The van der Waals surface area contributed by atoms with Crippen molar-refractivity contribution in [3.8, 4) is 0 Å². The number of carboxylic acid groups (broad SMARTS) is 2. The number of rotatable bonds is 6. The molecule has 0 saturated carbocycles. The minimum Gasteiger partial charge on any atom is -0.450 e. The van der Waals surface area contributed by atoms with Crippen molar-refractivity contribution in [2.75, 3.05) is 26.4 Å². The maximum atomic E-state index is 9.79. The van der Waals surface area contributed by atoms with Crippen LogP contribution in [-0.4, -0.2) is 59.2 Å². The first-order valence-corrected chi connectivity index (χ1v) is 4.47. The van der Waals surface area contributed by atoms with Crippen molar-refractivity contribution >= 4 is 12.3 Å². The SMILES string of the molecule is O=C(O)OCCCCOC(=O)O.OCCO. The van der Waals surface area contributed by atoms with Gasteiger partial charge in [-0.15, -0.1) is 0 Å². The van der Waals surface area contributed by atoms with Crippen molar-refractivity contribution in [1.29, 1.82) is 0 Å². The Labute approximate surface area is 92.0 Å². The van der Waals surface area contributed by atoms with Gasteiger partial charge in [0.25, 0.3) is 0 Å². The second kappa shape index (κ2) is 13.5. The molecule has 0 aromatic rings. The molecule has 0 bridgehead atoms. The van der Waals surface area contributed by atoms with Crippen LogP contribution in [0.15, 0.2) is 0 Å². The first kappa shape index (κ1) is 16.9. The molecule has 0 spiro atoms. The predicted molar refractivity (Wildman–Crippen MR) is 51.4 cm³/mol. The average molecular weight is 240 g/mol. The predicted octanol–water partition coefficient (Wildman–Crippen LogP) is 0.127. The van der Waals surface area contributed by atoms with Crippen LogP contribution in [0.4, 0.5) is 9.59 Å². The normalized spacial score (nSPS) is 8.62. The van der Waals surface area contributed by atoms with E-state index in [4.69, 9.17) is 20.4 Å². The smallest absolute Gasteiger partial charge is 0.450 e. The molecule has 8 heteroatoms. The summed E-state index contributed by atoms with van der Waals surface area (Å²) in [7, 11) is 0. The number of aliphatic hydroxyl groups excluding tert-OH is 2. The molecule has 0 aliphatic heterocycles. The summed E-state index contributed by atoms with van der Waals surface area (Å²) < 4.78 is 8.33. The van der Waals surface area contributed by atoms with Crippen molar-refractivity contribution in [2.45, 2.75) is 12.8 Å². The second-order valence-electron chi connectivity index (χ2n) is 2.38. The fourth-order valence-electron chi connectivity index (χ4n) is 0.523. The van der Waals surface area contributed by atoms with E-state index in [1.54, 1.807) is 0 Å². The minimum atomic E-state index is -1.32. The zero-order chi connectivity index (χ0) is 12.8. The summed E-state index contributed by atoms with van der Waals surface area (Å²) in [6.45, 7) is -0.114. The second-order valence-corrected chi connectivity index (χ2v) is 2.38. The highest BCUT2D eigenvalue weighted by molar-refractivity contribution is 5.57. The number of ether oxygens (including phenoxy) is 2. The lowest BCUT2D eigenvalue weighted by atomic mass is 10.3. The lowest BCUT2D eigenvalue weighted by Gasteiger charge is -2.00. The summed E-state index contributed by atoms with van der Waals surface area (Å²) in [6.07, 6.45) is -1.73. The fraction of sp³-hybridized carbons (Fsp3) is 0.750. The van der Waals surface area contributed by atoms with Crippen LogP contribution in [0.1, 0.15) is 12.8 Å². The Kier molecular flexibility index (Phi) is 14.2. The van der Waals surface area contributed by atoms with E-state index < -0.39 is 12.3 Å². The molecule has 0 aromatic heterocycles. The van der Waals surface area contributed by atoms with Crippen LogP contribution in [0.2, 0.25) is 0 Å². The summed E-state index contributed by atoms with van der Waals surface area (Å²) in [4.78, 5) is 19.6. The molecule has 0 aliphatic carbocycles. The average Bonchev–Trinajstić information content (AvgIpc) is 2.23. The Balaban J connectivity index is 0. The van der Waals surface area contributed by atoms with E-state index in [-0.39, 0.29) is 26.4 Å². The first-order valence-electron chi connectivity index (χ1n) is 4.47. The summed E-state index contributed by atoms with van der Waals surface area (Å²) in [6, 6.07) is 0. The van der Waals surface area contributed by atoms with E-state index in [1.165, 1.54) is 0 Å². The van der Waals surface area contributed by atoms with E-state index in [2.05, 4.69) is 9.47 Å². The molecule has 0 heterocycles. The Hall–Kier alpha value is -1.54. The van der Waals surface area contributed by atoms with E-state index in [1.807, 2.05) is 0 Å². The summed E-state index contributed by atoms with van der Waals surface area (Å²) in [5.74, 6) is 0. The van der Waals surface area contributed by atoms with Gasteiger partial charge >= 0.3 is 12.3 Å². The molecule has 0 atom stereocenters. The first-order chi connectivity index (χ1) is 7.54. The van der Waals surface area contributed by atoms with Crippen LogP contribution in [-0.2, 0) is 9.47 Å². The molecule has 0 aromatic carbocycles. The summed E-state index contributed by atoms with van der Waals surface area (Å²) in [5, 5.41) is 31.3. The van der Waals surface area contributed by atoms with Crippen molar-refractivity contribution in [3.63, 3.8) is 0 Å². The molecule has 0 fully saturated rings. The van der Waals surface area contributed by atoms with Crippen LogP contribution in [0.25, 0.3) is 0 Å². The molecule has 0 amide bonds. The maximum Gasteiger partial charge on any atom is 0.505 e. The number of carbonyl (C=O) groups is 2. The number of hydrogen-bond donors (Lipinski definition) is 4. The summed E-state index contributed by atoms with van der Waals surface area (Å²) in [5.41, 5.74) is 0. The molecule has 0 rings (SSSR count). The van der Waals surface area contributed by atoms with Gasteiger partial charge in [0, 0.05) is 0 Å². The maximum absolute atomic E-state index is 9.79. The Morgan fingerprint density at radius 3 is 1.31 bits per heavy atom. The number of unbranched alkanes of at least 4 members (excludes halogenated alkanes) is 1. The van der Waals surface area contributed by atoms with E-state index in [9.17, 15) is 9.59 Å². The molecular weight excluding hydrogens is 224 g/mol. The lowest BCUT2D eigenvalue weighted by Crippen LogP contribution is -2.05. The van der Waals surface area contributed by atoms with Crippen LogP contribution >= 0.6 is 0 Å². The zero-order valence-electron chi connectivity index (χ0n) is 8.66. The van der Waals surface area contributed by atoms with E-state index >= 15 is 0 Å². The largest absolute Gasteiger partial charge is 0.505 e. The highest BCUT2D eigenvalue weighted by atomic mass is 16.7. The highest BCUT2D eigenvalue weighted by Gasteiger charge is 1.97. The van der Waals surface area contributed by atoms with Gasteiger partial charge in [0.1, 0.15) is 0 Å². The highest BCUT2D eigenvalue weighted by Crippen LogP contribution is 1.91. The van der Waals surface area contributed by atoms with Crippen molar-refractivity contribution < 1.29 is 39.5 Å². The van der Waals surface area contributed by atoms with Gasteiger partial charge < -0.3 is 29.9 Å². The van der Waals surface area contributed by atoms with Crippen LogP contribution in [0.5, 0.6) is 0 Å². The van der Waals surface area contributed by atoms with Crippen LogP contribution in [0, 0.1) is 0 Å². The monoisotopic (exact) mass is 240 g/mol. The van der Waals surface area contributed by atoms with Gasteiger partial charge in [-0.2, -0.15) is 0 Å². The lowest BCUT2D eigenvalue weighted by molar-refractivity contribution is 0.0769. The number of hydrogen-bond acceptors (Lipinski definition) is 6. The van der Waals surface area contributed by atoms with Crippen molar-refractivity contribution in [1.82, 2.24) is 0 Å². The van der Waals surface area contributed by atoms with Gasteiger partial charge in [0.05, 0.1) is 26.4 Å². The Morgan fingerprint density at radius 2 is 1.12 bits per heavy atom. The standard InChI is InChI=1S/C6H10O6.C2H6O2/c7-5(8)11-3-1-2-4-12-6(9)10;3-1-2-4/h1-4H2,(H,7,8)(H,9,10);3-4H,1-2H2. The van der Waals surface area contributed by atoms with E-state index in [0.29, 0.717) is 12.8 Å². The van der Waals surface area contributed by atoms with Gasteiger partial charge in [0.15, 0.2) is 0 Å². The zero-order valence-corrected chi connectivity index (χ0v) is 8.66.